The second-order valence-electron chi connectivity index (χ2n) is 8.33. The van der Waals surface area contributed by atoms with Crippen LogP contribution in [0.1, 0.15) is 50.4 Å². The number of amides is 1. The average molecular weight is 396 g/mol. The molecule has 1 saturated carbocycles. The molecule has 154 valence electrons. The van der Waals surface area contributed by atoms with Crippen molar-refractivity contribution in [3.05, 3.63) is 35.7 Å². The highest BCUT2D eigenvalue weighted by Crippen LogP contribution is 2.38. The SMILES string of the molecule is COc1cccc(/C=C(/C(=O)N2CCCC3CC(C)CCC32)n2nnnc2C)c1. The predicted octanol–water partition coefficient (Wildman–Crippen LogP) is 3.42. The van der Waals surface area contributed by atoms with Crippen molar-refractivity contribution < 1.29 is 9.53 Å². The van der Waals surface area contributed by atoms with Gasteiger partial charge in [-0.2, -0.15) is 4.68 Å². The number of fused-ring (bicyclic) bond motifs is 1. The number of methoxy groups -OCH3 is 1. The normalized spacial score (nSPS) is 24.9. The summed E-state index contributed by atoms with van der Waals surface area (Å²) in [6.45, 7) is 4.94. The van der Waals surface area contributed by atoms with Gasteiger partial charge >= 0.3 is 0 Å². The van der Waals surface area contributed by atoms with Gasteiger partial charge < -0.3 is 9.64 Å². The minimum absolute atomic E-state index is 0.00692. The first-order valence-corrected chi connectivity index (χ1v) is 10.5. The number of tetrazole rings is 1. The Morgan fingerprint density at radius 3 is 2.90 bits per heavy atom. The largest absolute Gasteiger partial charge is 0.497 e. The van der Waals surface area contributed by atoms with E-state index in [0.717, 1.165) is 36.6 Å². The van der Waals surface area contributed by atoms with Gasteiger partial charge in [-0.25, -0.2) is 0 Å². The first kappa shape index (κ1) is 19.6. The van der Waals surface area contributed by atoms with Crippen molar-refractivity contribution in [2.24, 2.45) is 11.8 Å². The quantitative estimate of drug-likeness (QED) is 0.742. The van der Waals surface area contributed by atoms with Gasteiger partial charge in [0.25, 0.3) is 5.91 Å². The van der Waals surface area contributed by atoms with Crippen LogP contribution < -0.4 is 4.74 Å². The van der Waals surface area contributed by atoms with Crippen LogP contribution in [-0.2, 0) is 4.79 Å². The Morgan fingerprint density at radius 2 is 2.14 bits per heavy atom. The number of hydrogen-bond acceptors (Lipinski definition) is 5. The van der Waals surface area contributed by atoms with Crippen LogP contribution in [0.3, 0.4) is 0 Å². The van der Waals surface area contributed by atoms with Crippen molar-refractivity contribution in [2.45, 2.75) is 52.0 Å². The molecule has 2 aliphatic rings. The molecule has 7 nitrogen and oxygen atoms in total. The fraction of sp³-hybridized carbons (Fsp3) is 0.545. The molecule has 0 N–H and O–H groups in total. The molecule has 2 fully saturated rings. The summed E-state index contributed by atoms with van der Waals surface area (Å²) < 4.78 is 6.89. The van der Waals surface area contributed by atoms with E-state index >= 15 is 0 Å². The molecule has 1 saturated heterocycles. The van der Waals surface area contributed by atoms with Crippen LogP contribution in [-0.4, -0.2) is 50.7 Å². The molecule has 1 aromatic carbocycles. The topological polar surface area (TPSA) is 73.1 Å². The molecule has 3 atom stereocenters. The minimum Gasteiger partial charge on any atom is -0.497 e. The molecule has 7 heteroatoms. The fourth-order valence-electron chi connectivity index (χ4n) is 4.85. The summed E-state index contributed by atoms with van der Waals surface area (Å²) in [5, 5.41) is 11.9. The van der Waals surface area contributed by atoms with Gasteiger partial charge in [0.1, 0.15) is 11.4 Å². The molecule has 0 bridgehead atoms. The van der Waals surface area contributed by atoms with E-state index in [0.29, 0.717) is 23.5 Å². The molecule has 1 aliphatic carbocycles. The molecule has 1 aromatic heterocycles. The minimum atomic E-state index is 0.00692. The van der Waals surface area contributed by atoms with Crippen LogP contribution in [0.25, 0.3) is 11.8 Å². The molecule has 1 amide bonds. The molecule has 2 heterocycles. The Labute approximate surface area is 171 Å². The van der Waals surface area contributed by atoms with Crippen LogP contribution in [0.4, 0.5) is 0 Å². The van der Waals surface area contributed by atoms with E-state index in [2.05, 4.69) is 27.3 Å². The first-order valence-electron chi connectivity index (χ1n) is 10.5. The third-order valence-electron chi connectivity index (χ3n) is 6.31. The smallest absolute Gasteiger partial charge is 0.272 e. The van der Waals surface area contributed by atoms with Crippen LogP contribution >= 0.6 is 0 Å². The van der Waals surface area contributed by atoms with Crippen molar-refractivity contribution in [1.82, 2.24) is 25.1 Å². The third kappa shape index (κ3) is 4.04. The Hall–Kier alpha value is -2.70. The Kier molecular flexibility index (Phi) is 5.65. The van der Waals surface area contributed by atoms with Gasteiger partial charge in [-0.15, -0.1) is 5.10 Å². The van der Waals surface area contributed by atoms with Crippen molar-refractivity contribution in [1.29, 1.82) is 0 Å². The number of carbonyl (C=O) groups excluding carboxylic acids is 1. The number of aromatic nitrogens is 4. The summed E-state index contributed by atoms with van der Waals surface area (Å²) in [7, 11) is 1.64. The number of hydrogen-bond donors (Lipinski definition) is 0. The lowest BCUT2D eigenvalue weighted by molar-refractivity contribution is -0.132. The number of aryl methyl sites for hydroxylation is 1. The van der Waals surface area contributed by atoms with Gasteiger partial charge in [0, 0.05) is 12.6 Å². The molecule has 4 rings (SSSR count). The molecule has 2 aromatic rings. The maximum atomic E-state index is 13.8. The number of likely N-dealkylation sites (tertiary alicyclic amines) is 1. The van der Waals surface area contributed by atoms with E-state index in [4.69, 9.17) is 4.74 Å². The average Bonchev–Trinajstić information content (AvgIpc) is 3.16. The Morgan fingerprint density at radius 1 is 1.28 bits per heavy atom. The summed E-state index contributed by atoms with van der Waals surface area (Å²) in [6, 6.07) is 7.99. The fourth-order valence-corrected chi connectivity index (χ4v) is 4.85. The van der Waals surface area contributed by atoms with Gasteiger partial charge in [-0.1, -0.05) is 19.1 Å². The van der Waals surface area contributed by atoms with E-state index in [1.54, 1.807) is 11.8 Å². The van der Waals surface area contributed by atoms with E-state index in [1.165, 1.54) is 19.3 Å². The van der Waals surface area contributed by atoms with Crippen LogP contribution in [0.15, 0.2) is 24.3 Å². The van der Waals surface area contributed by atoms with Gasteiger partial charge in [-0.05, 0) is 85.1 Å². The molecule has 1 aliphatic heterocycles. The van der Waals surface area contributed by atoms with E-state index in [-0.39, 0.29) is 5.91 Å². The lowest BCUT2D eigenvalue weighted by Gasteiger charge is -2.45. The second kappa shape index (κ2) is 8.35. The summed E-state index contributed by atoms with van der Waals surface area (Å²) in [6.07, 6.45) is 7.62. The Bertz CT molecular complexity index is 906. The van der Waals surface area contributed by atoms with Crippen molar-refractivity contribution in [3.63, 3.8) is 0 Å². The van der Waals surface area contributed by atoms with Gasteiger partial charge in [0.2, 0.25) is 0 Å². The molecule has 0 spiro atoms. The monoisotopic (exact) mass is 395 g/mol. The molecular formula is C22H29N5O2. The summed E-state index contributed by atoms with van der Waals surface area (Å²) in [5.74, 6) is 2.70. The van der Waals surface area contributed by atoms with Crippen molar-refractivity contribution >= 4 is 17.7 Å². The molecular weight excluding hydrogens is 366 g/mol. The third-order valence-corrected chi connectivity index (χ3v) is 6.31. The van der Waals surface area contributed by atoms with Gasteiger partial charge in [-0.3, -0.25) is 4.79 Å². The Balaban J connectivity index is 1.70. The van der Waals surface area contributed by atoms with Crippen molar-refractivity contribution in [3.8, 4) is 5.75 Å². The zero-order chi connectivity index (χ0) is 20.4. The van der Waals surface area contributed by atoms with Crippen molar-refractivity contribution in [2.75, 3.05) is 13.7 Å². The summed E-state index contributed by atoms with van der Waals surface area (Å²) in [4.78, 5) is 15.8. The highest BCUT2D eigenvalue weighted by Gasteiger charge is 2.39. The standard InChI is InChI=1S/C22H29N5O2/c1-15-9-10-20-18(12-15)7-5-11-26(20)22(28)21(27-16(2)23-24-25-27)14-17-6-4-8-19(13-17)29-3/h4,6,8,13-15,18,20H,5,7,9-12H2,1-3H3/b21-14-. The maximum Gasteiger partial charge on any atom is 0.272 e. The molecule has 29 heavy (non-hydrogen) atoms. The van der Waals surface area contributed by atoms with E-state index in [9.17, 15) is 4.79 Å². The number of ether oxygens (including phenoxy) is 1. The number of benzene rings is 1. The van der Waals surface area contributed by atoms with Crippen LogP contribution in [0, 0.1) is 18.8 Å². The lowest BCUT2D eigenvalue weighted by atomic mass is 9.74. The van der Waals surface area contributed by atoms with Gasteiger partial charge in [0.05, 0.1) is 7.11 Å². The van der Waals surface area contributed by atoms with Crippen LogP contribution in [0.5, 0.6) is 5.75 Å². The summed E-state index contributed by atoms with van der Waals surface area (Å²) >= 11 is 0. The number of nitrogens with zero attached hydrogens (tertiary/aromatic N) is 5. The first-order chi connectivity index (χ1) is 14.1. The van der Waals surface area contributed by atoms with E-state index in [1.807, 2.05) is 37.3 Å². The number of carbonyl (C=O) groups is 1. The van der Waals surface area contributed by atoms with Crippen LogP contribution in [0.2, 0.25) is 0 Å². The number of piperidine rings is 1. The molecule has 0 radical (unpaired) electrons. The zero-order valence-corrected chi connectivity index (χ0v) is 17.4. The zero-order valence-electron chi connectivity index (χ0n) is 17.4. The second-order valence-corrected chi connectivity index (χ2v) is 8.33. The lowest BCUT2D eigenvalue weighted by Crippen LogP contribution is -2.51. The van der Waals surface area contributed by atoms with E-state index < -0.39 is 0 Å². The maximum absolute atomic E-state index is 13.8. The number of rotatable bonds is 4. The highest BCUT2D eigenvalue weighted by atomic mass is 16.5. The van der Waals surface area contributed by atoms with Gasteiger partial charge in [0.15, 0.2) is 5.82 Å². The molecule has 3 unspecified atom stereocenters. The predicted molar refractivity (Wildman–Crippen MR) is 111 cm³/mol. The highest BCUT2D eigenvalue weighted by molar-refractivity contribution is 6.18. The summed E-state index contributed by atoms with van der Waals surface area (Å²) in [5.41, 5.74) is 1.37.